The Balaban J connectivity index is 2.53. The summed E-state index contributed by atoms with van der Waals surface area (Å²) in [6, 6.07) is 1.71. The number of carbonyl (C=O) groups is 1. The van der Waals surface area contributed by atoms with Crippen LogP contribution in [0.1, 0.15) is 10.4 Å². The maximum Gasteiger partial charge on any atom is 0.254 e. The molecule has 0 spiro atoms. The summed E-state index contributed by atoms with van der Waals surface area (Å²) in [6.07, 6.45) is 4.26. The Kier molecular flexibility index (Phi) is 1.76. The lowest BCUT2D eigenvalue weighted by Gasteiger charge is -2.01. The van der Waals surface area contributed by atoms with E-state index in [9.17, 15) is 9.59 Å². The first-order chi connectivity index (χ1) is 8.18. The highest BCUT2D eigenvalue weighted by Gasteiger charge is 2.12. The first-order valence-corrected chi connectivity index (χ1v) is 4.82. The van der Waals surface area contributed by atoms with E-state index in [0.717, 1.165) is 0 Å². The molecule has 3 N–H and O–H groups in total. The fraction of sp³-hybridized carbons (Fsp3) is 0. The Bertz CT molecular complexity index is 801. The van der Waals surface area contributed by atoms with Gasteiger partial charge in [-0.15, -0.1) is 0 Å². The van der Waals surface area contributed by atoms with Crippen LogP contribution in [0.15, 0.2) is 29.5 Å². The Morgan fingerprint density at radius 3 is 3.06 bits per heavy atom. The molecular weight excluding hydrogens is 222 g/mol. The van der Waals surface area contributed by atoms with Crippen molar-refractivity contribution in [3.63, 3.8) is 0 Å². The fourth-order valence-electron chi connectivity index (χ4n) is 1.71. The normalized spacial score (nSPS) is 11.1. The average molecular weight is 229 g/mol. The zero-order valence-corrected chi connectivity index (χ0v) is 8.54. The molecule has 3 aromatic heterocycles. The van der Waals surface area contributed by atoms with Crippen LogP contribution in [0.25, 0.3) is 16.7 Å². The number of nitrogens with zero attached hydrogens (tertiary/aromatic N) is 3. The van der Waals surface area contributed by atoms with E-state index in [1.165, 1.54) is 16.9 Å². The van der Waals surface area contributed by atoms with Gasteiger partial charge in [-0.1, -0.05) is 0 Å². The smallest absolute Gasteiger partial charge is 0.254 e. The van der Waals surface area contributed by atoms with E-state index in [4.69, 9.17) is 5.73 Å². The lowest BCUT2D eigenvalue weighted by Crippen LogP contribution is -2.22. The van der Waals surface area contributed by atoms with Gasteiger partial charge in [0.1, 0.15) is 11.2 Å². The SMILES string of the molecule is NC(=O)c1c[nH]c2c(cnc3ccnn32)c1=O. The van der Waals surface area contributed by atoms with Gasteiger partial charge in [-0.25, -0.2) is 4.98 Å². The molecule has 0 aliphatic rings. The summed E-state index contributed by atoms with van der Waals surface area (Å²) in [5.41, 5.74) is 5.65. The van der Waals surface area contributed by atoms with Gasteiger partial charge >= 0.3 is 0 Å². The van der Waals surface area contributed by atoms with E-state index in [1.54, 1.807) is 12.3 Å². The summed E-state index contributed by atoms with van der Waals surface area (Å²) in [6.45, 7) is 0. The van der Waals surface area contributed by atoms with Gasteiger partial charge in [-0.3, -0.25) is 9.59 Å². The van der Waals surface area contributed by atoms with E-state index < -0.39 is 11.3 Å². The summed E-state index contributed by atoms with van der Waals surface area (Å²) >= 11 is 0. The second-order valence-electron chi connectivity index (χ2n) is 3.52. The van der Waals surface area contributed by atoms with Crippen molar-refractivity contribution in [1.82, 2.24) is 19.6 Å². The minimum Gasteiger partial charge on any atom is -0.365 e. The number of amides is 1. The molecule has 0 aliphatic carbocycles. The predicted octanol–water partition coefficient (Wildman–Crippen LogP) is -0.330. The number of nitrogens with one attached hydrogen (secondary N) is 1. The minimum absolute atomic E-state index is 0.0918. The molecule has 0 saturated heterocycles. The zero-order chi connectivity index (χ0) is 12.0. The molecule has 0 aromatic carbocycles. The van der Waals surface area contributed by atoms with E-state index >= 15 is 0 Å². The van der Waals surface area contributed by atoms with Crippen molar-refractivity contribution in [2.45, 2.75) is 0 Å². The molecule has 3 rings (SSSR count). The van der Waals surface area contributed by atoms with Crippen LogP contribution in [-0.2, 0) is 0 Å². The van der Waals surface area contributed by atoms with Crippen molar-refractivity contribution >= 4 is 22.6 Å². The molecule has 0 atom stereocenters. The summed E-state index contributed by atoms with van der Waals surface area (Å²) < 4.78 is 1.49. The van der Waals surface area contributed by atoms with E-state index in [-0.39, 0.29) is 10.9 Å². The Hall–Kier alpha value is -2.70. The van der Waals surface area contributed by atoms with Gasteiger partial charge < -0.3 is 10.7 Å². The standard InChI is InChI=1S/C10H7N5O2/c11-9(17)5-3-13-10-6(8(5)16)4-12-7-1-2-14-15(7)10/h1-4H,(H2,11,17)(H,13,16). The first kappa shape index (κ1) is 9.52. The van der Waals surface area contributed by atoms with Crippen molar-refractivity contribution in [3.8, 4) is 0 Å². The van der Waals surface area contributed by atoms with Gasteiger partial charge in [-0.2, -0.15) is 9.61 Å². The average Bonchev–Trinajstić information content (AvgIpc) is 2.77. The van der Waals surface area contributed by atoms with Crippen LogP contribution < -0.4 is 11.2 Å². The van der Waals surface area contributed by atoms with Crippen LogP contribution in [0.2, 0.25) is 0 Å². The number of carbonyl (C=O) groups excluding carboxylic acids is 1. The molecule has 3 aromatic rings. The Labute approximate surface area is 93.9 Å². The van der Waals surface area contributed by atoms with E-state index in [0.29, 0.717) is 11.3 Å². The first-order valence-electron chi connectivity index (χ1n) is 4.82. The second-order valence-corrected chi connectivity index (χ2v) is 3.52. The number of aromatic nitrogens is 4. The van der Waals surface area contributed by atoms with Crippen LogP contribution in [0, 0.1) is 0 Å². The van der Waals surface area contributed by atoms with Crippen LogP contribution >= 0.6 is 0 Å². The van der Waals surface area contributed by atoms with Crippen molar-refractivity contribution in [2.24, 2.45) is 5.73 Å². The lowest BCUT2D eigenvalue weighted by molar-refractivity contribution is 0.0999. The number of pyridine rings is 1. The lowest BCUT2D eigenvalue weighted by atomic mass is 10.2. The predicted molar refractivity (Wildman–Crippen MR) is 59.6 cm³/mol. The largest absolute Gasteiger partial charge is 0.365 e. The molecule has 3 heterocycles. The molecular formula is C10H7N5O2. The zero-order valence-electron chi connectivity index (χ0n) is 8.54. The molecule has 0 unspecified atom stereocenters. The van der Waals surface area contributed by atoms with Crippen LogP contribution in [0.3, 0.4) is 0 Å². The van der Waals surface area contributed by atoms with Crippen molar-refractivity contribution < 1.29 is 4.79 Å². The van der Waals surface area contributed by atoms with Crippen LogP contribution in [0.5, 0.6) is 0 Å². The van der Waals surface area contributed by atoms with Crippen LogP contribution in [-0.4, -0.2) is 25.5 Å². The molecule has 0 fully saturated rings. The van der Waals surface area contributed by atoms with Crippen molar-refractivity contribution in [3.05, 3.63) is 40.4 Å². The molecule has 7 heteroatoms. The summed E-state index contributed by atoms with van der Waals surface area (Å²) in [5, 5.41) is 4.31. The summed E-state index contributed by atoms with van der Waals surface area (Å²) in [4.78, 5) is 29.9. The molecule has 7 nitrogen and oxygen atoms in total. The van der Waals surface area contributed by atoms with Gasteiger partial charge in [0.25, 0.3) is 5.91 Å². The number of nitrogens with two attached hydrogens (primary N) is 1. The topological polar surface area (TPSA) is 106 Å². The molecule has 1 amide bonds. The van der Waals surface area contributed by atoms with Gasteiger partial charge in [0.2, 0.25) is 5.43 Å². The van der Waals surface area contributed by atoms with Gasteiger partial charge in [0.15, 0.2) is 5.65 Å². The highest BCUT2D eigenvalue weighted by molar-refractivity contribution is 5.95. The minimum atomic E-state index is -0.770. The fourth-order valence-corrected chi connectivity index (χ4v) is 1.71. The maximum atomic E-state index is 11.9. The summed E-state index contributed by atoms with van der Waals surface area (Å²) in [5.74, 6) is -0.770. The van der Waals surface area contributed by atoms with Crippen molar-refractivity contribution in [2.75, 3.05) is 0 Å². The third-order valence-electron chi connectivity index (χ3n) is 2.52. The molecule has 0 bridgehead atoms. The van der Waals surface area contributed by atoms with Crippen LogP contribution in [0.4, 0.5) is 0 Å². The number of primary amides is 1. The second kappa shape index (κ2) is 3.14. The molecule has 0 radical (unpaired) electrons. The molecule has 0 saturated carbocycles. The Morgan fingerprint density at radius 1 is 1.47 bits per heavy atom. The Morgan fingerprint density at radius 2 is 2.29 bits per heavy atom. The highest BCUT2D eigenvalue weighted by Crippen LogP contribution is 2.08. The van der Waals surface area contributed by atoms with E-state index in [2.05, 4.69) is 15.1 Å². The van der Waals surface area contributed by atoms with Crippen molar-refractivity contribution in [1.29, 1.82) is 0 Å². The third-order valence-corrected chi connectivity index (χ3v) is 2.52. The molecule has 0 aliphatic heterocycles. The highest BCUT2D eigenvalue weighted by atomic mass is 16.2. The number of rotatable bonds is 1. The monoisotopic (exact) mass is 229 g/mol. The molecule has 84 valence electrons. The maximum absolute atomic E-state index is 11.9. The van der Waals surface area contributed by atoms with Gasteiger partial charge in [-0.05, 0) is 0 Å². The molecule has 17 heavy (non-hydrogen) atoms. The number of aromatic amines is 1. The number of H-pyrrole nitrogens is 1. The quantitative estimate of drug-likeness (QED) is 0.595. The number of hydrogen-bond acceptors (Lipinski definition) is 4. The van der Waals surface area contributed by atoms with E-state index in [1.807, 2.05) is 0 Å². The summed E-state index contributed by atoms with van der Waals surface area (Å²) in [7, 11) is 0. The number of fused-ring (bicyclic) bond motifs is 3. The van der Waals surface area contributed by atoms with Gasteiger partial charge in [0, 0.05) is 18.5 Å². The third kappa shape index (κ3) is 1.22. The number of hydrogen-bond donors (Lipinski definition) is 2. The van der Waals surface area contributed by atoms with Gasteiger partial charge in [0.05, 0.1) is 11.6 Å².